The van der Waals surface area contributed by atoms with E-state index in [0.717, 1.165) is 35.5 Å². The molecule has 0 bridgehead atoms. The summed E-state index contributed by atoms with van der Waals surface area (Å²) in [5, 5.41) is 21.3. The standard InChI is InChI=1S/C15H24N4O2/c1-5-10(2)6-15(20)17-13-7-16-19(8-13)9-14-11(3)18-21-12(14)4/h7-8,10,15,17,20H,5-6,9H2,1-4H3. The van der Waals surface area contributed by atoms with Gasteiger partial charge in [-0.2, -0.15) is 5.10 Å². The molecule has 2 aromatic heterocycles. The molecule has 0 radical (unpaired) electrons. The monoisotopic (exact) mass is 292 g/mol. The Morgan fingerprint density at radius 3 is 2.81 bits per heavy atom. The van der Waals surface area contributed by atoms with E-state index in [9.17, 15) is 5.11 Å². The maximum Gasteiger partial charge on any atom is 0.138 e. The average molecular weight is 292 g/mol. The highest BCUT2D eigenvalue weighted by Gasteiger charge is 2.12. The largest absolute Gasteiger partial charge is 0.374 e. The van der Waals surface area contributed by atoms with Crippen molar-refractivity contribution in [2.24, 2.45) is 5.92 Å². The lowest BCUT2D eigenvalue weighted by atomic mass is 10.0. The molecule has 2 N–H and O–H groups in total. The van der Waals surface area contributed by atoms with E-state index in [1.54, 1.807) is 6.20 Å². The number of aromatic nitrogens is 3. The highest BCUT2D eigenvalue weighted by atomic mass is 16.5. The maximum atomic E-state index is 9.99. The molecule has 21 heavy (non-hydrogen) atoms. The highest BCUT2D eigenvalue weighted by molar-refractivity contribution is 5.39. The summed E-state index contributed by atoms with van der Waals surface area (Å²) in [6.45, 7) is 8.69. The Labute approximate surface area is 125 Å². The van der Waals surface area contributed by atoms with Crippen LogP contribution in [0.15, 0.2) is 16.9 Å². The van der Waals surface area contributed by atoms with E-state index < -0.39 is 6.23 Å². The Morgan fingerprint density at radius 1 is 1.43 bits per heavy atom. The van der Waals surface area contributed by atoms with Crippen LogP contribution in [0.5, 0.6) is 0 Å². The molecule has 2 rings (SSSR count). The van der Waals surface area contributed by atoms with Gasteiger partial charge in [-0.1, -0.05) is 25.4 Å². The summed E-state index contributed by atoms with van der Waals surface area (Å²) in [6, 6.07) is 0. The molecule has 0 aliphatic rings. The minimum absolute atomic E-state index is 0.491. The van der Waals surface area contributed by atoms with Gasteiger partial charge in [0.2, 0.25) is 0 Å². The highest BCUT2D eigenvalue weighted by Crippen LogP contribution is 2.16. The Balaban J connectivity index is 1.95. The van der Waals surface area contributed by atoms with Crippen LogP contribution in [-0.4, -0.2) is 26.3 Å². The molecule has 0 saturated carbocycles. The molecule has 0 fully saturated rings. The molecule has 0 aromatic carbocycles. The molecule has 0 aliphatic carbocycles. The third-order valence-corrected chi connectivity index (χ3v) is 3.79. The van der Waals surface area contributed by atoms with Gasteiger partial charge in [-0.05, 0) is 26.2 Å². The van der Waals surface area contributed by atoms with Gasteiger partial charge in [-0.3, -0.25) is 4.68 Å². The lowest BCUT2D eigenvalue weighted by Gasteiger charge is -2.16. The van der Waals surface area contributed by atoms with Crippen LogP contribution in [0.3, 0.4) is 0 Å². The van der Waals surface area contributed by atoms with Gasteiger partial charge in [-0.15, -0.1) is 0 Å². The van der Waals surface area contributed by atoms with Crippen LogP contribution in [0, 0.1) is 19.8 Å². The SMILES string of the molecule is CCC(C)CC(O)Nc1cnn(Cc2c(C)noc2C)c1. The minimum Gasteiger partial charge on any atom is -0.374 e. The molecule has 6 nitrogen and oxygen atoms in total. The van der Waals surface area contributed by atoms with Crippen molar-refractivity contribution >= 4 is 5.69 Å². The van der Waals surface area contributed by atoms with E-state index in [0.29, 0.717) is 12.5 Å². The van der Waals surface area contributed by atoms with Crippen LogP contribution in [0.2, 0.25) is 0 Å². The van der Waals surface area contributed by atoms with Crippen molar-refractivity contribution in [3.63, 3.8) is 0 Å². The molecule has 116 valence electrons. The Hall–Kier alpha value is -1.82. The Morgan fingerprint density at radius 2 is 2.19 bits per heavy atom. The summed E-state index contributed by atoms with van der Waals surface area (Å²) in [5.41, 5.74) is 2.75. The van der Waals surface area contributed by atoms with Gasteiger partial charge in [0, 0.05) is 11.8 Å². The van der Waals surface area contributed by atoms with Gasteiger partial charge >= 0.3 is 0 Å². The number of hydrogen-bond donors (Lipinski definition) is 2. The molecule has 2 aromatic rings. The lowest BCUT2D eigenvalue weighted by molar-refractivity contribution is 0.171. The van der Waals surface area contributed by atoms with Crippen molar-refractivity contribution in [2.75, 3.05) is 5.32 Å². The van der Waals surface area contributed by atoms with Crippen LogP contribution < -0.4 is 5.32 Å². The Kier molecular flexibility index (Phi) is 5.01. The average Bonchev–Trinajstić information content (AvgIpc) is 3.00. The summed E-state index contributed by atoms with van der Waals surface area (Å²) in [7, 11) is 0. The summed E-state index contributed by atoms with van der Waals surface area (Å²) in [5.74, 6) is 1.30. The molecular formula is C15H24N4O2. The van der Waals surface area contributed by atoms with Crippen LogP contribution >= 0.6 is 0 Å². The van der Waals surface area contributed by atoms with Crippen LogP contribution in [0.25, 0.3) is 0 Å². The van der Waals surface area contributed by atoms with Crippen LogP contribution in [0.4, 0.5) is 5.69 Å². The van der Waals surface area contributed by atoms with Crippen molar-refractivity contribution in [1.82, 2.24) is 14.9 Å². The summed E-state index contributed by atoms with van der Waals surface area (Å²) in [4.78, 5) is 0. The summed E-state index contributed by atoms with van der Waals surface area (Å²) in [6.07, 6.45) is 4.84. The number of nitrogens with one attached hydrogen (secondary N) is 1. The third kappa shape index (κ3) is 4.07. The number of aryl methyl sites for hydroxylation is 2. The van der Waals surface area contributed by atoms with E-state index in [2.05, 4.69) is 29.4 Å². The summed E-state index contributed by atoms with van der Waals surface area (Å²) >= 11 is 0. The van der Waals surface area contributed by atoms with Gasteiger partial charge in [0.1, 0.15) is 12.0 Å². The molecule has 0 amide bonds. The topological polar surface area (TPSA) is 76.1 Å². The van der Waals surface area contributed by atoms with Crippen molar-refractivity contribution in [3.05, 3.63) is 29.4 Å². The molecular weight excluding hydrogens is 268 g/mol. The second-order valence-electron chi connectivity index (χ2n) is 5.64. The molecule has 0 aliphatic heterocycles. The number of aliphatic hydroxyl groups excluding tert-OH is 1. The van der Waals surface area contributed by atoms with E-state index in [-0.39, 0.29) is 0 Å². The predicted molar refractivity (Wildman–Crippen MR) is 81.0 cm³/mol. The van der Waals surface area contributed by atoms with Crippen LogP contribution in [-0.2, 0) is 6.54 Å². The van der Waals surface area contributed by atoms with E-state index in [1.807, 2.05) is 24.7 Å². The van der Waals surface area contributed by atoms with Crippen LogP contribution in [0.1, 0.15) is 43.7 Å². The van der Waals surface area contributed by atoms with Crippen molar-refractivity contribution in [2.45, 2.75) is 53.3 Å². The van der Waals surface area contributed by atoms with E-state index in [1.165, 1.54) is 0 Å². The number of hydrogen-bond acceptors (Lipinski definition) is 5. The van der Waals surface area contributed by atoms with Gasteiger partial charge in [0.05, 0.1) is 24.1 Å². The molecule has 2 atom stereocenters. The lowest BCUT2D eigenvalue weighted by Crippen LogP contribution is -2.21. The second kappa shape index (κ2) is 6.76. The zero-order valence-electron chi connectivity index (χ0n) is 13.1. The van der Waals surface area contributed by atoms with Gasteiger partial charge in [0.25, 0.3) is 0 Å². The first-order valence-corrected chi connectivity index (χ1v) is 7.38. The maximum absolute atomic E-state index is 9.99. The first-order valence-electron chi connectivity index (χ1n) is 7.38. The van der Waals surface area contributed by atoms with E-state index >= 15 is 0 Å². The fourth-order valence-electron chi connectivity index (χ4n) is 2.21. The van der Waals surface area contributed by atoms with Gasteiger partial charge in [0.15, 0.2) is 0 Å². The molecule has 0 spiro atoms. The number of rotatable bonds is 7. The number of nitrogens with zero attached hydrogens (tertiary/aromatic N) is 3. The van der Waals surface area contributed by atoms with Crippen molar-refractivity contribution in [3.8, 4) is 0 Å². The molecule has 0 saturated heterocycles. The fourth-order valence-corrected chi connectivity index (χ4v) is 2.21. The molecule has 2 unspecified atom stereocenters. The quantitative estimate of drug-likeness (QED) is 0.767. The van der Waals surface area contributed by atoms with Gasteiger partial charge < -0.3 is 14.9 Å². The number of anilines is 1. The normalized spacial score (nSPS) is 14.1. The van der Waals surface area contributed by atoms with Crippen molar-refractivity contribution < 1.29 is 9.63 Å². The van der Waals surface area contributed by atoms with Gasteiger partial charge in [-0.25, -0.2) is 0 Å². The first-order chi connectivity index (χ1) is 9.99. The summed E-state index contributed by atoms with van der Waals surface area (Å²) < 4.78 is 6.96. The molecule has 2 heterocycles. The van der Waals surface area contributed by atoms with E-state index in [4.69, 9.17) is 4.52 Å². The second-order valence-corrected chi connectivity index (χ2v) is 5.64. The molecule has 6 heteroatoms. The third-order valence-electron chi connectivity index (χ3n) is 3.79. The first kappa shape index (κ1) is 15.6. The fraction of sp³-hybridized carbons (Fsp3) is 0.600. The number of aliphatic hydroxyl groups is 1. The zero-order valence-corrected chi connectivity index (χ0v) is 13.1. The van der Waals surface area contributed by atoms with Crippen molar-refractivity contribution in [1.29, 1.82) is 0 Å². The Bertz CT molecular complexity index is 556. The minimum atomic E-state index is -0.545. The smallest absolute Gasteiger partial charge is 0.138 e. The predicted octanol–water partition coefficient (Wildman–Crippen LogP) is 2.70. The zero-order chi connectivity index (χ0) is 15.4.